The number of amides is 2. The van der Waals surface area contributed by atoms with Gasteiger partial charge in [0, 0.05) is 23.5 Å². The summed E-state index contributed by atoms with van der Waals surface area (Å²) in [6, 6.07) is 5.64. The van der Waals surface area contributed by atoms with Crippen molar-refractivity contribution in [3.8, 4) is 0 Å². The largest absolute Gasteiger partial charge is 0.350 e. The van der Waals surface area contributed by atoms with Gasteiger partial charge in [-0.1, -0.05) is 17.7 Å². The molecule has 1 aliphatic rings. The molecular formula is C21H21BrClN5O4S. The standard InChI is InChI=1S/C21H21BrClN5O4S/c1-11-7-12(22)19(24-8-11)21(30)27-16-10-33(31,32)9-15(16)26-18(29)6-5-17-25-14-4-2-3-13(23)20(14)28-17/h2-4,7-8,15-16H,5-6,9-10H2,1H3,(H,25,28)(H,26,29)(H,27,30). The molecule has 1 aliphatic heterocycles. The van der Waals surface area contributed by atoms with Gasteiger partial charge in [-0.3, -0.25) is 9.59 Å². The lowest BCUT2D eigenvalue weighted by Crippen LogP contribution is -2.51. The van der Waals surface area contributed by atoms with Gasteiger partial charge in [0.2, 0.25) is 5.91 Å². The van der Waals surface area contributed by atoms with E-state index in [0.29, 0.717) is 27.3 Å². The van der Waals surface area contributed by atoms with Crippen LogP contribution in [0.2, 0.25) is 5.02 Å². The lowest BCUT2D eigenvalue weighted by Gasteiger charge is -2.21. The summed E-state index contributed by atoms with van der Waals surface area (Å²) in [6.45, 7) is 1.84. The van der Waals surface area contributed by atoms with E-state index in [1.54, 1.807) is 24.4 Å². The highest BCUT2D eigenvalue weighted by molar-refractivity contribution is 9.10. The molecule has 3 N–H and O–H groups in total. The minimum atomic E-state index is -3.42. The number of nitrogens with zero attached hydrogens (tertiary/aromatic N) is 2. The number of carbonyl (C=O) groups excluding carboxylic acids is 2. The lowest BCUT2D eigenvalue weighted by atomic mass is 10.1. The molecule has 2 amide bonds. The topological polar surface area (TPSA) is 134 Å². The number of aryl methyl sites for hydroxylation is 2. The smallest absolute Gasteiger partial charge is 0.271 e. The molecule has 0 spiro atoms. The van der Waals surface area contributed by atoms with E-state index in [0.717, 1.165) is 11.1 Å². The number of halogens is 2. The first-order chi connectivity index (χ1) is 15.6. The number of imidazole rings is 1. The van der Waals surface area contributed by atoms with Crippen molar-refractivity contribution in [2.45, 2.75) is 31.8 Å². The van der Waals surface area contributed by atoms with Gasteiger partial charge in [0.15, 0.2) is 9.84 Å². The molecule has 12 heteroatoms. The first-order valence-electron chi connectivity index (χ1n) is 10.2. The molecule has 0 radical (unpaired) electrons. The Morgan fingerprint density at radius 2 is 1.97 bits per heavy atom. The molecule has 1 aromatic carbocycles. The number of para-hydroxylation sites is 1. The van der Waals surface area contributed by atoms with E-state index in [1.165, 1.54) is 0 Å². The highest BCUT2D eigenvalue weighted by Crippen LogP contribution is 2.21. The van der Waals surface area contributed by atoms with Crippen LogP contribution in [-0.2, 0) is 21.1 Å². The number of H-pyrrole nitrogens is 1. The molecule has 0 bridgehead atoms. The first kappa shape index (κ1) is 23.7. The zero-order valence-electron chi connectivity index (χ0n) is 17.6. The summed E-state index contributed by atoms with van der Waals surface area (Å²) < 4.78 is 24.9. The average molecular weight is 555 g/mol. The van der Waals surface area contributed by atoms with E-state index in [4.69, 9.17) is 11.6 Å². The van der Waals surface area contributed by atoms with E-state index in [2.05, 4.69) is 41.5 Å². The molecule has 2 aromatic heterocycles. The van der Waals surface area contributed by atoms with Crippen molar-refractivity contribution in [1.82, 2.24) is 25.6 Å². The number of hydrogen-bond donors (Lipinski definition) is 3. The van der Waals surface area contributed by atoms with Crippen LogP contribution in [0.25, 0.3) is 11.0 Å². The Kier molecular flexibility index (Phi) is 6.73. The van der Waals surface area contributed by atoms with E-state index in [1.807, 2.05) is 13.0 Å². The summed E-state index contributed by atoms with van der Waals surface area (Å²) >= 11 is 9.44. The summed E-state index contributed by atoms with van der Waals surface area (Å²) in [5.41, 5.74) is 2.44. The van der Waals surface area contributed by atoms with Crippen LogP contribution < -0.4 is 10.6 Å². The average Bonchev–Trinajstić information content (AvgIpc) is 3.27. The van der Waals surface area contributed by atoms with Crippen LogP contribution in [0.4, 0.5) is 0 Å². The van der Waals surface area contributed by atoms with Crippen molar-refractivity contribution in [2.24, 2.45) is 0 Å². The highest BCUT2D eigenvalue weighted by atomic mass is 79.9. The number of aromatic nitrogens is 3. The number of nitrogens with one attached hydrogen (secondary N) is 3. The van der Waals surface area contributed by atoms with Crippen LogP contribution in [0.15, 0.2) is 34.9 Å². The minimum Gasteiger partial charge on any atom is -0.350 e. The number of hydrogen-bond acceptors (Lipinski definition) is 6. The molecule has 4 rings (SSSR count). The Morgan fingerprint density at radius 1 is 1.24 bits per heavy atom. The number of fused-ring (bicyclic) bond motifs is 1. The molecule has 2 atom stereocenters. The lowest BCUT2D eigenvalue weighted by molar-refractivity contribution is -0.121. The monoisotopic (exact) mass is 553 g/mol. The molecule has 3 heterocycles. The van der Waals surface area contributed by atoms with Crippen molar-refractivity contribution in [1.29, 1.82) is 0 Å². The van der Waals surface area contributed by atoms with Crippen molar-refractivity contribution >= 4 is 60.2 Å². The van der Waals surface area contributed by atoms with Crippen molar-refractivity contribution in [3.05, 3.63) is 57.0 Å². The fraction of sp³-hybridized carbons (Fsp3) is 0.333. The van der Waals surface area contributed by atoms with Gasteiger partial charge < -0.3 is 15.6 Å². The number of pyridine rings is 1. The summed E-state index contributed by atoms with van der Waals surface area (Å²) in [7, 11) is -3.42. The maximum absolute atomic E-state index is 12.7. The van der Waals surface area contributed by atoms with E-state index >= 15 is 0 Å². The predicted octanol–water partition coefficient (Wildman–Crippen LogP) is 2.33. The summed E-state index contributed by atoms with van der Waals surface area (Å²) in [6.07, 6.45) is 1.98. The zero-order chi connectivity index (χ0) is 23.8. The number of benzene rings is 1. The molecule has 33 heavy (non-hydrogen) atoms. The van der Waals surface area contributed by atoms with E-state index in [9.17, 15) is 18.0 Å². The Labute approximate surface area is 203 Å². The summed E-state index contributed by atoms with van der Waals surface area (Å²) in [4.78, 5) is 36.9. The third-order valence-electron chi connectivity index (χ3n) is 5.31. The summed E-state index contributed by atoms with van der Waals surface area (Å²) in [5, 5.41) is 5.97. The number of aromatic amines is 1. The second-order valence-electron chi connectivity index (χ2n) is 7.99. The van der Waals surface area contributed by atoms with Crippen LogP contribution in [0.5, 0.6) is 0 Å². The SMILES string of the molecule is Cc1cnc(C(=O)NC2CS(=O)(=O)CC2NC(=O)CCc2nc3c(Cl)cccc3[nH]2)c(Br)c1. The fourth-order valence-corrected chi connectivity index (χ4v) is 6.47. The molecule has 3 aromatic rings. The molecule has 1 fully saturated rings. The van der Waals surface area contributed by atoms with Crippen LogP contribution in [-0.4, -0.2) is 58.8 Å². The van der Waals surface area contributed by atoms with Gasteiger partial charge in [-0.25, -0.2) is 18.4 Å². The van der Waals surface area contributed by atoms with Gasteiger partial charge in [-0.15, -0.1) is 0 Å². The molecule has 0 aliphatic carbocycles. The Balaban J connectivity index is 1.40. The van der Waals surface area contributed by atoms with Gasteiger partial charge in [-0.2, -0.15) is 0 Å². The fourth-order valence-electron chi connectivity index (χ4n) is 3.75. The molecule has 1 saturated heterocycles. The Hall–Kier alpha value is -2.50. The van der Waals surface area contributed by atoms with Crippen LogP contribution in [0, 0.1) is 6.92 Å². The molecule has 2 unspecified atom stereocenters. The molecule has 174 valence electrons. The van der Waals surface area contributed by atoms with Crippen molar-refractivity contribution in [3.63, 3.8) is 0 Å². The van der Waals surface area contributed by atoms with Gasteiger partial charge in [0.05, 0.1) is 34.1 Å². The minimum absolute atomic E-state index is 0.0969. The van der Waals surface area contributed by atoms with Crippen molar-refractivity contribution in [2.75, 3.05) is 11.5 Å². The second-order valence-corrected chi connectivity index (χ2v) is 11.4. The zero-order valence-corrected chi connectivity index (χ0v) is 20.7. The quantitative estimate of drug-likeness (QED) is 0.428. The third kappa shape index (κ3) is 5.53. The number of carbonyl (C=O) groups is 2. The van der Waals surface area contributed by atoms with Crippen LogP contribution in [0.1, 0.15) is 28.3 Å². The third-order valence-corrected chi connectivity index (χ3v) is 7.95. The van der Waals surface area contributed by atoms with Gasteiger partial charge in [0.1, 0.15) is 17.0 Å². The Bertz CT molecular complexity index is 1340. The van der Waals surface area contributed by atoms with Crippen LogP contribution >= 0.6 is 27.5 Å². The van der Waals surface area contributed by atoms with Gasteiger partial charge >= 0.3 is 0 Å². The first-order valence-corrected chi connectivity index (χ1v) is 13.2. The van der Waals surface area contributed by atoms with Gasteiger partial charge in [0.25, 0.3) is 5.91 Å². The van der Waals surface area contributed by atoms with Gasteiger partial charge in [-0.05, 0) is 46.6 Å². The molecule has 9 nitrogen and oxygen atoms in total. The number of rotatable bonds is 6. The normalized spacial score (nSPS) is 19.5. The highest BCUT2D eigenvalue weighted by Gasteiger charge is 2.39. The predicted molar refractivity (Wildman–Crippen MR) is 128 cm³/mol. The Morgan fingerprint density at radius 3 is 2.67 bits per heavy atom. The van der Waals surface area contributed by atoms with E-state index in [-0.39, 0.29) is 29.5 Å². The summed E-state index contributed by atoms with van der Waals surface area (Å²) in [5.74, 6) is -0.742. The molecular weight excluding hydrogens is 534 g/mol. The van der Waals surface area contributed by atoms with Crippen molar-refractivity contribution < 1.29 is 18.0 Å². The maximum atomic E-state index is 12.7. The maximum Gasteiger partial charge on any atom is 0.271 e. The molecule has 0 saturated carbocycles. The number of sulfone groups is 1. The van der Waals surface area contributed by atoms with Crippen LogP contribution in [0.3, 0.4) is 0 Å². The van der Waals surface area contributed by atoms with E-state index < -0.39 is 27.8 Å². The second kappa shape index (κ2) is 9.40.